The van der Waals surface area contributed by atoms with Crippen molar-refractivity contribution in [1.29, 1.82) is 0 Å². The lowest BCUT2D eigenvalue weighted by Crippen LogP contribution is -2.65. The number of amides is 3. The molecule has 3 heterocycles. The number of aliphatic hydroxyl groups is 4. The topological polar surface area (TPSA) is 196 Å². The van der Waals surface area contributed by atoms with Crippen LogP contribution in [0.4, 0.5) is 0 Å². The summed E-state index contributed by atoms with van der Waals surface area (Å²) in [6, 6.07) is -1.50. The molecule has 3 saturated heterocycles. The number of β-amino-alcohol motifs (C(OH)–C–C–N with tert-alkyl or cyclic N) is 3. The van der Waals surface area contributed by atoms with E-state index < -0.39 is 48.7 Å². The maximum absolute atomic E-state index is 12.3. The van der Waals surface area contributed by atoms with Crippen LogP contribution in [0.15, 0.2) is 0 Å². The van der Waals surface area contributed by atoms with Gasteiger partial charge in [0.2, 0.25) is 17.7 Å². The van der Waals surface area contributed by atoms with Gasteiger partial charge in [-0.3, -0.25) is 29.1 Å². The van der Waals surface area contributed by atoms with Crippen molar-refractivity contribution in [2.45, 2.75) is 134 Å². The first-order chi connectivity index (χ1) is 22.7. The van der Waals surface area contributed by atoms with E-state index in [1.165, 1.54) is 20.8 Å². The largest absolute Gasteiger partial charge is 0.389 e. The Hall–Kier alpha value is -1.95. The molecule has 0 radical (unpaired) electrons. The fourth-order valence-electron chi connectivity index (χ4n) is 7.25. The van der Waals surface area contributed by atoms with Crippen LogP contribution in [0.25, 0.3) is 0 Å². The smallest absolute Gasteiger partial charge is 0.217 e. The molecule has 3 rings (SSSR count). The highest BCUT2D eigenvalue weighted by molar-refractivity contribution is 5.74. The summed E-state index contributed by atoms with van der Waals surface area (Å²) in [5.74, 6) is -0.723. The van der Waals surface area contributed by atoms with E-state index in [-0.39, 0.29) is 49.1 Å². The van der Waals surface area contributed by atoms with Gasteiger partial charge in [0.05, 0.1) is 48.6 Å². The Bertz CT molecular complexity index is 1030. The number of carbonyl (C=O) groups excluding carboxylic acids is 3. The molecule has 0 bridgehead atoms. The molecule has 15 heteroatoms. The Balaban J connectivity index is 1.66. The highest BCUT2D eigenvalue weighted by atomic mass is 16.5. The van der Waals surface area contributed by atoms with Crippen LogP contribution in [0.3, 0.4) is 0 Å². The van der Waals surface area contributed by atoms with Crippen LogP contribution >= 0.6 is 0 Å². The predicted octanol–water partition coefficient (Wildman–Crippen LogP) is -1.98. The van der Waals surface area contributed by atoms with Gasteiger partial charge < -0.3 is 45.9 Å². The van der Waals surface area contributed by atoms with E-state index in [1.807, 2.05) is 23.6 Å². The molecule has 278 valence electrons. The summed E-state index contributed by atoms with van der Waals surface area (Å²) in [5.41, 5.74) is 0. The third-order valence-electron chi connectivity index (χ3n) is 9.59. The lowest BCUT2D eigenvalue weighted by molar-refractivity contribution is -0.155. The van der Waals surface area contributed by atoms with Gasteiger partial charge in [-0.2, -0.15) is 0 Å². The SMILES string of the molecule is CCCCN1CC(O)C(OC(CC)CN2CC(O)C(OC(CC)CN3CC(O)C(O)C(NC(C)=O)C3)C(NC(C)=O)C2)C(NC(C)=O)C1. The Kier molecular flexibility index (Phi) is 16.4. The van der Waals surface area contributed by atoms with Gasteiger partial charge in [0.1, 0.15) is 18.3 Å². The fraction of sp³-hybridized carbons (Fsp3) is 0.909. The van der Waals surface area contributed by atoms with Crippen molar-refractivity contribution >= 4 is 17.7 Å². The number of likely N-dealkylation sites (tertiary alicyclic amines) is 3. The molecule has 15 nitrogen and oxygen atoms in total. The first-order valence-corrected chi connectivity index (χ1v) is 17.8. The molecule has 3 aliphatic rings. The monoisotopic (exact) mass is 686 g/mol. The van der Waals surface area contributed by atoms with Gasteiger partial charge in [-0.25, -0.2) is 0 Å². The van der Waals surface area contributed by atoms with Gasteiger partial charge in [-0.05, 0) is 25.8 Å². The molecule has 11 unspecified atom stereocenters. The zero-order valence-corrected chi connectivity index (χ0v) is 29.7. The number of unbranched alkanes of at least 4 members (excludes halogenated alkanes) is 1. The molecule has 0 saturated carbocycles. The molecule has 3 fully saturated rings. The quantitative estimate of drug-likeness (QED) is 0.0947. The summed E-state index contributed by atoms with van der Waals surface area (Å²) in [6.07, 6.45) is -2.47. The van der Waals surface area contributed by atoms with Crippen molar-refractivity contribution in [3.05, 3.63) is 0 Å². The third kappa shape index (κ3) is 12.1. The predicted molar refractivity (Wildman–Crippen MR) is 179 cm³/mol. The number of ether oxygens (including phenoxy) is 2. The van der Waals surface area contributed by atoms with E-state index in [0.29, 0.717) is 52.1 Å². The third-order valence-corrected chi connectivity index (χ3v) is 9.59. The number of carbonyl (C=O) groups is 3. The number of rotatable bonds is 16. The molecule has 7 N–H and O–H groups in total. The van der Waals surface area contributed by atoms with Gasteiger partial charge in [0.15, 0.2) is 0 Å². The molecule has 0 aliphatic carbocycles. The molecule has 0 aromatic heterocycles. The van der Waals surface area contributed by atoms with E-state index in [2.05, 4.69) is 27.8 Å². The first kappa shape index (κ1) is 40.5. The van der Waals surface area contributed by atoms with Gasteiger partial charge in [-0.15, -0.1) is 0 Å². The second kappa shape index (κ2) is 19.4. The van der Waals surface area contributed by atoms with Crippen LogP contribution in [-0.2, 0) is 23.9 Å². The molecule has 3 aliphatic heterocycles. The van der Waals surface area contributed by atoms with Crippen LogP contribution in [0, 0.1) is 0 Å². The van der Waals surface area contributed by atoms with E-state index >= 15 is 0 Å². The number of hydrogen-bond acceptors (Lipinski definition) is 12. The van der Waals surface area contributed by atoms with Gasteiger partial charge in [-0.1, -0.05) is 27.2 Å². The Morgan fingerprint density at radius 3 is 1.46 bits per heavy atom. The number of aliphatic hydroxyl groups excluding tert-OH is 4. The Morgan fingerprint density at radius 2 is 1.02 bits per heavy atom. The second-order valence-electron chi connectivity index (χ2n) is 13.9. The van der Waals surface area contributed by atoms with Gasteiger partial charge >= 0.3 is 0 Å². The average Bonchev–Trinajstić information content (AvgIpc) is 2.99. The Labute approximate surface area is 285 Å². The van der Waals surface area contributed by atoms with Crippen molar-refractivity contribution in [1.82, 2.24) is 30.7 Å². The van der Waals surface area contributed by atoms with Crippen molar-refractivity contribution in [2.24, 2.45) is 0 Å². The summed E-state index contributed by atoms with van der Waals surface area (Å²) in [4.78, 5) is 42.1. The molecule has 0 aromatic carbocycles. The van der Waals surface area contributed by atoms with Crippen LogP contribution in [-0.4, -0.2) is 179 Å². The van der Waals surface area contributed by atoms with E-state index in [9.17, 15) is 34.8 Å². The first-order valence-electron chi connectivity index (χ1n) is 17.8. The zero-order chi connectivity index (χ0) is 35.5. The number of nitrogens with zero attached hydrogens (tertiary/aromatic N) is 3. The normalized spacial score (nSPS) is 33.5. The lowest BCUT2D eigenvalue weighted by Gasteiger charge is -2.46. The summed E-state index contributed by atoms with van der Waals surface area (Å²) in [5, 5.41) is 52.0. The molecule has 48 heavy (non-hydrogen) atoms. The minimum Gasteiger partial charge on any atom is -0.389 e. The van der Waals surface area contributed by atoms with Crippen molar-refractivity contribution in [2.75, 3.05) is 58.9 Å². The minimum absolute atomic E-state index is 0.179. The maximum Gasteiger partial charge on any atom is 0.217 e. The standard InChI is InChI=1S/C33H62N6O9/c1-7-10-11-37-15-26(35-21(5)41)32(29(44)18-37)47-24(9-3)13-39-16-27(36-22(6)42)33(30(45)19-39)48-23(8-2)12-38-14-25(34-20(4)40)31(46)28(43)17-38/h23-33,43-46H,7-19H2,1-6H3,(H,34,40)(H,35,41)(H,36,42). The van der Waals surface area contributed by atoms with Gasteiger partial charge in [0.25, 0.3) is 0 Å². The summed E-state index contributed by atoms with van der Waals surface area (Å²) < 4.78 is 13.0. The zero-order valence-electron chi connectivity index (χ0n) is 29.7. The van der Waals surface area contributed by atoms with Crippen molar-refractivity contribution in [3.63, 3.8) is 0 Å². The highest BCUT2D eigenvalue weighted by Gasteiger charge is 2.42. The molecule has 0 aromatic rings. The van der Waals surface area contributed by atoms with E-state index in [4.69, 9.17) is 9.47 Å². The minimum atomic E-state index is -1.07. The summed E-state index contributed by atoms with van der Waals surface area (Å²) in [7, 11) is 0. The molecule has 0 spiro atoms. The van der Waals surface area contributed by atoms with E-state index in [1.54, 1.807) is 0 Å². The van der Waals surface area contributed by atoms with Crippen molar-refractivity contribution in [3.8, 4) is 0 Å². The van der Waals surface area contributed by atoms with Crippen LogP contribution in [0.1, 0.15) is 67.2 Å². The van der Waals surface area contributed by atoms with Crippen LogP contribution < -0.4 is 16.0 Å². The summed E-state index contributed by atoms with van der Waals surface area (Å²) >= 11 is 0. The van der Waals surface area contributed by atoms with Gasteiger partial charge in [0, 0.05) is 73.1 Å². The number of piperidine rings is 3. The number of nitrogens with one attached hydrogen (secondary N) is 3. The van der Waals surface area contributed by atoms with Crippen molar-refractivity contribution < 1.29 is 44.3 Å². The highest BCUT2D eigenvalue weighted by Crippen LogP contribution is 2.24. The van der Waals surface area contributed by atoms with Crippen LogP contribution in [0.5, 0.6) is 0 Å². The second-order valence-corrected chi connectivity index (χ2v) is 13.9. The molecule has 11 atom stereocenters. The summed E-state index contributed by atoms with van der Waals surface area (Å²) in [6.45, 7) is 14.3. The Morgan fingerprint density at radius 1 is 0.625 bits per heavy atom. The maximum atomic E-state index is 12.3. The molecule has 3 amide bonds. The molecular formula is C33H62N6O9. The van der Waals surface area contributed by atoms with Crippen LogP contribution in [0.2, 0.25) is 0 Å². The molecular weight excluding hydrogens is 624 g/mol. The average molecular weight is 687 g/mol. The van der Waals surface area contributed by atoms with E-state index in [0.717, 1.165) is 19.4 Å². The lowest BCUT2D eigenvalue weighted by atomic mass is 9.96. The fourth-order valence-corrected chi connectivity index (χ4v) is 7.25. The number of hydrogen-bond donors (Lipinski definition) is 7.